The van der Waals surface area contributed by atoms with Crippen LogP contribution in [0.2, 0.25) is 0 Å². The lowest BCUT2D eigenvalue weighted by Crippen LogP contribution is -2.28. The Morgan fingerprint density at radius 3 is 2.71 bits per heavy atom. The van der Waals surface area contributed by atoms with Gasteiger partial charge in [0, 0.05) is 18.0 Å². The van der Waals surface area contributed by atoms with Gasteiger partial charge in [-0.2, -0.15) is 0 Å². The molecule has 1 heterocycles. The lowest BCUT2D eigenvalue weighted by Gasteiger charge is -2.10. The lowest BCUT2D eigenvalue weighted by molar-refractivity contribution is -0.123. The molecule has 4 rings (SSSR count). The Morgan fingerprint density at radius 2 is 1.82 bits per heavy atom. The molecular weight excluding hydrogens is 354 g/mol. The first-order valence-electron chi connectivity index (χ1n) is 9.01. The number of nitrogens with one attached hydrogen (secondary N) is 1. The fourth-order valence-corrected chi connectivity index (χ4v) is 3.23. The summed E-state index contributed by atoms with van der Waals surface area (Å²) >= 11 is 0. The van der Waals surface area contributed by atoms with Gasteiger partial charge in [-0.3, -0.25) is 4.79 Å². The van der Waals surface area contributed by atoms with Crippen molar-refractivity contribution < 1.29 is 13.9 Å². The molecule has 0 unspecified atom stereocenters. The molecule has 0 aliphatic carbocycles. The summed E-state index contributed by atoms with van der Waals surface area (Å²) in [6.45, 7) is 2.18. The molecule has 0 aliphatic heterocycles. The van der Waals surface area contributed by atoms with E-state index in [0.29, 0.717) is 17.9 Å². The van der Waals surface area contributed by atoms with Gasteiger partial charge in [0.1, 0.15) is 11.3 Å². The SMILES string of the molecule is Cc1cc(=O)oc2ccc(OCC(=O)NCc3cccc4ccccc34)cc12. The second-order valence-corrected chi connectivity index (χ2v) is 6.61. The predicted molar refractivity (Wildman–Crippen MR) is 109 cm³/mol. The Morgan fingerprint density at radius 1 is 1.00 bits per heavy atom. The van der Waals surface area contributed by atoms with Crippen LogP contribution in [0.4, 0.5) is 0 Å². The van der Waals surface area contributed by atoms with Gasteiger partial charge in [0.05, 0.1) is 0 Å². The van der Waals surface area contributed by atoms with Crippen LogP contribution in [0.25, 0.3) is 21.7 Å². The van der Waals surface area contributed by atoms with Crippen LogP contribution in [0.1, 0.15) is 11.1 Å². The van der Waals surface area contributed by atoms with Crippen molar-refractivity contribution in [1.29, 1.82) is 0 Å². The van der Waals surface area contributed by atoms with Crippen LogP contribution in [0.3, 0.4) is 0 Å². The lowest BCUT2D eigenvalue weighted by atomic mass is 10.0. The third-order valence-electron chi connectivity index (χ3n) is 4.65. The third kappa shape index (κ3) is 3.74. The zero-order chi connectivity index (χ0) is 19.5. The maximum atomic E-state index is 12.2. The molecular formula is C23H19NO4. The predicted octanol–water partition coefficient (Wildman–Crippen LogP) is 3.95. The number of aryl methyl sites for hydroxylation is 1. The summed E-state index contributed by atoms with van der Waals surface area (Å²) in [7, 11) is 0. The first-order valence-corrected chi connectivity index (χ1v) is 9.01. The molecule has 5 nitrogen and oxygen atoms in total. The van der Waals surface area contributed by atoms with Crippen LogP contribution >= 0.6 is 0 Å². The Balaban J connectivity index is 1.40. The van der Waals surface area contributed by atoms with Crippen LogP contribution < -0.4 is 15.7 Å². The number of rotatable bonds is 5. The molecule has 4 aromatic rings. The summed E-state index contributed by atoms with van der Waals surface area (Å²) < 4.78 is 10.8. The number of amides is 1. The first-order chi connectivity index (χ1) is 13.6. The maximum Gasteiger partial charge on any atom is 0.336 e. The molecule has 0 saturated heterocycles. The summed E-state index contributed by atoms with van der Waals surface area (Å²) in [5, 5.41) is 5.94. The monoisotopic (exact) mass is 373 g/mol. The van der Waals surface area contributed by atoms with Crippen LogP contribution in [-0.2, 0) is 11.3 Å². The standard InChI is InChI=1S/C23H19NO4/c1-15-11-23(26)28-21-10-9-18(12-20(15)21)27-14-22(25)24-13-17-7-4-6-16-5-2-3-8-19(16)17/h2-12H,13-14H2,1H3,(H,24,25). The van der Waals surface area contributed by atoms with E-state index in [0.717, 1.165) is 27.3 Å². The van der Waals surface area contributed by atoms with E-state index >= 15 is 0 Å². The van der Waals surface area contributed by atoms with Crippen molar-refractivity contribution in [3.05, 3.63) is 88.3 Å². The molecule has 0 bridgehead atoms. The highest BCUT2D eigenvalue weighted by Crippen LogP contribution is 2.22. The largest absolute Gasteiger partial charge is 0.484 e. The van der Waals surface area contributed by atoms with Crippen molar-refractivity contribution in [3.63, 3.8) is 0 Å². The molecule has 0 aliphatic rings. The average Bonchev–Trinajstić information content (AvgIpc) is 2.70. The van der Waals surface area contributed by atoms with Crippen molar-refractivity contribution in [2.24, 2.45) is 0 Å². The van der Waals surface area contributed by atoms with Gasteiger partial charge in [0.2, 0.25) is 0 Å². The second kappa shape index (κ2) is 7.56. The molecule has 1 aromatic heterocycles. The number of fused-ring (bicyclic) bond motifs is 2. The summed E-state index contributed by atoms with van der Waals surface area (Å²) in [6.07, 6.45) is 0. The average molecular weight is 373 g/mol. The van der Waals surface area contributed by atoms with E-state index in [1.165, 1.54) is 6.07 Å². The number of benzene rings is 3. The molecule has 0 atom stereocenters. The fraction of sp³-hybridized carbons (Fsp3) is 0.130. The number of carbonyl (C=O) groups is 1. The maximum absolute atomic E-state index is 12.2. The van der Waals surface area contributed by atoms with E-state index in [9.17, 15) is 9.59 Å². The number of hydrogen-bond donors (Lipinski definition) is 1. The molecule has 5 heteroatoms. The molecule has 0 spiro atoms. The minimum absolute atomic E-state index is 0.0912. The van der Waals surface area contributed by atoms with E-state index in [1.54, 1.807) is 18.2 Å². The van der Waals surface area contributed by atoms with Gasteiger partial charge in [-0.15, -0.1) is 0 Å². The van der Waals surface area contributed by atoms with E-state index in [-0.39, 0.29) is 18.1 Å². The molecule has 0 radical (unpaired) electrons. The van der Waals surface area contributed by atoms with Gasteiger partial charge in [0.15, 0.2) is 6.61 Å². The van der Waals surface area contributed by atoms with E-state index in [4.69, 9.17) is 9.15 Å². The minimum Gasteiger partial charge on any atom is -0.484 e. The zero-order valence-corrected chi connectivity index (χ0v) is 15.4. The number of ether oxygens (including phenoxy) is 1. The van der Waals surface area contributed by atoms with Crippen LogP contribution in [-0.4, -0.2) is 12.5 Å². The van der Waals surface area contributed by atoms with Gasteiger partial charge < -0.3 is 14.5 Å². The third-order valence-corrected chi connectivity index (χ3v) is 4.65. The van der Waals surface area contributed by atoms with Gasteiger partial charge in [-0.25, -0.2) is 4.79 Å². The molecule has 28 heavy (non-hydrogen) atoms. The van der Waals surface area contributed by atoms with Gasteiger partial charge in [0.25, 0.3) is 5.91 Å². The normalized spacial score (nSPS) is 10.9. The van der Waals surface area contributed by atoms with Gasteiger partial charge in [-0.1, -0.05) is 42.5 Å². The van der Waals surface area contributed by atoms with Gasteiger partial charge in [-0.05, 0) is 47.0 Å². The summed E-state index contributed by atoms with van der Waals surface area (Å²) in [4.78, 5) is 23.6. The summed E-state index contributed by atoms with van der Waals surface area (Å²) in [5.41, 5.74) is 1.98. The van der Waals surface area contributed by atoms with Crippen LogP contribution in [0, 0.1) is 6.92 Å². The molecule has 1 N–H and O–H groups in total. The van der Waals surface area contributed by atoms with Crippen molar-refractivity contribution in [3.8, 4) is 5.75 Å². The van der Waals surface area contributed by atoms with Crippen molar-refractivity contribution in [2.45, 2.75) is 13.5 Å². The minimum atomic E-state index is -0.383. The molecule has 140 valence electrons. The summed E-state index contributed by atoms with van der Waals surface area (Å²) in [6, 6.07) is 20.7. The molecule has 1 amide bonds. The van der Waals surface area contributed by atoms with Crippen molar-refractivity contribution >= 4 is 27.6 Å². The molecule has 0 fully saturated rings. The first kappa shape index (κ1) is 17.8. The topological polar surface area (TPSA) is 68.5 Å². The van der Waals surface area contributed by atoms with Gasteiger partial charge >= 0.3 is 5.63 Å². The second-order valence-electron chi connectivity index (χ2n) is 6.61. The fourth-order valence-electron chi connectivity index (χ4n) is 3.23. The number of hydrogen-bond acceptors (Lipinski definition) is 4. The Hall–Kier alpha value is -3.60. The summed E-state index contributed by atoms with van der Waals surface area (Å²) in [5.74, 6) is 0.342. The number of carbonyl (C=O) groups excluding carboxylic acids is 1. The highest BCUT2D eigenvalue weighted by Gasteiger charge is 2.07. The molecule has 3 aromatic carbocycles. The quantitative estimate of drug-likeness (QED) is 0.538. The van der Waals surface area contributed by atoms with E-state index in [2.05, 4.69) is 5.32 Å². The zero-order valence-electron chi connectivity index (χ0n) is 15.4. The Kier molecular flexibility index (Phi) is 4.81. The molecule has 0 saturated carbocycles. The Bertz CT molecular complexity index is 1220. The van der Waals surface area contributed by atoms with E-state index in [1.807, 2.05) is 49.4 Å². The highest BCUT2D eigenvalue weighted by atomic mass is 16.5. The Labute approximate surface area is 161 Å². The van der Waals surface area contributed by atoms with Crippen LogP contribution in [0.15, 0.2) is 75.9 Å². The van der Waals surface area contributed by atoms with E-state index < -0.39 is 0 Å². The van der Waals surface area contributed by atoms with Crippen LogP contribution in [0.5, 0.6) is 5.75 Å². The smallest absolute Gasteiger partial charge is 0.336 e. The highest BCUT2D eigenvalue weighted by molar-refractivity contribution is 5.86. The van der Waals surface area contributed by atoms with Crippen molar-refractivity contribution in [1.82, 2.24) is 5.32 Å². The van der Waals surface area contributed by atoms with Crippen molar-refractivity contribution in [2.75, 3.05) is 6.61 Å².